The molecule has 3 nitrogen and oxygen atoms in total. The number of rotatable bonds is 3. The highest BCUT2D eigenvalue weighted by molar-refractivity contribution is 5.47. The van der Waals surface area contributed by atoms with E-state index in [1.54, 1.807) is 25.1 Å². The summed E-state index contributed by atoms with van der Waals surface area (Å²) in [5, 5.41) is 10.6. The zero-order valence-electron chi connectivity index (χ0n) is 8.28. The maximum atomic E-state index is 10.6. The Morgan fingerprint density at radius 3 is 2.64 bits per heavy atom. The molecule has 1 radical (unpaired) electrons. The van der Waals surface area contributed by atoms with E-state index in [0.717, 1.165) is 11.5 Å². The van der Waals surface area contributed by atoms with Gasteiger partial charge in [-0.3, -0.25) is 10.1 Å². The van der Waals surface area contributed by atoms with Crippen molar-refractivity contribution in [1.29, 1.82) is 0 Å². The zero-order valence-corrected chi connectivity index (χ0v) is 8.28. The molecule has 0 fully saturated rings. The number of benzene rings is 1. The van der Waals surface area contributed by atoms with Crippen molar-refractivity contribution >= 4 is 5.69 Å². The molecular formula is C11H12NO2. The van der Waals surface area contributed by atoms with Crippen molar-refractivity contribution in [1.82, 2.24) is 0 Å². The average Bonchev–Trinajstić information content (AvgIpc) is 2.15. The highest BCUT2D eigenvalue weighted by Crippen LogP contribution is 2.23. The maximum Gasteiger partial charge on any atom is 0.272 e. The number of nitro benzene ring substituents is 1. The van der Waals surface area contributed by atoms with Crippen molar-refractivity contribution in [3.63, 3.8) is 0 Å². The lowest BCUT2D eigenvalue weighted by Gasteiger charge is -2.06. The second-order valence-electron chi connectivity index (χ2n) is 3.15. The topological polar surface area (TPSA) is 43.1 Å². The van der Waals surface area contributed by atoms with Crippen LogP contribution in [0.3, 0.4) is 0 Å². The van der Waals surface area contributed by atoms with Crippen LogP contribution >= 0.6 is 0 Å². The van der Waals surface area contributed by atoms with Gasteiger partial charge in [0.15, 0.2) is 0 Å². The Hall–Kier alpha value is -1.64. The van der Waals surface area contributed by atoms with Crippen molar-refractivity contribution in [2.75, 3.05) is 0 Å². The molecule has 0 saturated heterocycles. The molecule has 3 heteroatoms. The first-order valence-electron chi connectivity index (χ1n) is 4.27. The van der Waals surface area contributed by atoms with Crippen LogP contribution in [0.2, 0.25) is 0 Å². The highest BCUT2D eigenvalue weighted by Gasteiger charge is 2.11. The first-order valence-corrected chi connectivity index (χ1v) is 4.27. The van der Waals surface area contributed by atoms with E-state index in [4.69, 9.17) is 0 Å². The minimum Gasteiger partial charge on any atom is -0.258 e. The Morgan fingerprint density at radius 1 is 1.57 bits per heavy atom. The average molecular weight is 190 g/mol. The quantitative estimate of drug-likeness (QED) is 0.543. The van der Waals surface area contributed by atoms with E-state index in [1.165, 1.54) is 6.07 Å². The van der Waals surface area contributed by atoms with Crippen LogP contribution in [0, 0.1) is 23.0 Å². The predicted octanol–water partition coefficient (Wildman–Crippen LogP) is 3.03. The lowest BCUT2D eigenvalue weighted by atomic mass is 9.99. The SMILES string of the molecule is C=C[C](C)c1ccc([N+](=O)[O-])c(C)c1. The monoisotopic (exact) mass is 190 g/mol. The fourth-order valence-corrected chi connectivity index (χ4v) is 1.22. The summed E-state index contributed by atoms with van der Waals surface area (Å²) in [5.74, 6) is 1.02. The van der Waals surface area contributed by atoms with E-state index >= 15 is 0 Å². The first kappa shape index (κ1) is 10.4. The number of hydrogen-bond acceptors (Lipinski definition) is 2. The molecule has 0 aliphatic carbocycles. The standard InChI is InChI=1S/C11H12NO2/c1-4-8(2)10-5-6-11(12(13)14)9(3)7-10/h4-7H,1H2,2-3H3. The van der Waals surface area contributed by atoms with Crippen LogP contribution < -0.4 is 0 Å². The van der Waals surface area contributed by atoms with Crippen LogP contribution in [0.5, 0.6) is 0 Å². The van der Waals surface area contributed by atoms with Gasteiger partial charge in [0.2, 0.25) is 0 Å². The summed E-state index contributed by atoms with van der Waals surface area (Å²) in [6.07, 6.45) is 1.74. The highest BCUT2D eigenvalue weighted by atomic mass is 16.6. The van der Waals surface area contributed by atoms with E-state index in [2.05, 4.69) is 6.58 Å². The summed E-state index contributed by atoms with van der Waals surface area (Å²) in [6.45, 7) is 7.31. The van der Waals surface area contributed by atoms with Gasteiger partial charge in [-0.25, -0.2) is 0 Å². The fourth-order valence-electron chi connectivity index (χ4n) is 1.22. The van der Waals surface area contributed by atoms with Crippen LogP contribution in [-0.2, 0) is 0 Å². The molecule has 0 unspecified atom stereocenters. The summed E-state index contributed by atoms with van der Waals surface area (Å²) >= 11 is 0. The largest absolute Gasteiger partial charge is 0.272 e. The van der Waals surface area contributed by atoms with Gasteiger partial charge in [-0.05, 0) is 18.6 Å². The van der Waals surface area contributed by atoms with Crippen LogP contribution in [0.15, 0.2) is 30.9 Å². The van der Waals surface area contributed by atoms with Crippen molar-refractivity contribution in [2.45, 2.75) is 13.8 Å². The summed E-state index contributed by atoms with van der Waals surface area (Å²) in [7, 11) is 0. The lowest BCUT2D eigenvalue weighted by Crippen LogP contribution is -1.95. The molecular weight excluding hydrogens is 178 g/mol. The van der Waals surface area contributed by atoms with Gasteiger partial charge in [0, 0.05) is 17.5 Å². The normalized spacial score (nSPS) is 10.2. The minimum absolute atomic E-state index is 0.158. The molecule has 0 N–H and O–H groups in total. The smallest absolute Gasteiger partial charge is 0.258 e. The van der Waals surface area contributed by atoms with Gasteiger partial charge in [0.25, 0.3) is 5.69 Å². The third kappa shape index (κ3) is 1.99. The predicted molar refractivity (Wildman–Crippen MR) is 56.0 cm³/mol. The van der Waals surface area contributed by atoms with Gasteiger partial charge in [-0.15, -0.1) is 6.58 Å². The molecule has 0 aliphatic rings. The molecule has 0 atom stereocenters. The van der Waals surface area contributed by atoms with Gasteiger partial charge in [-0.2, -0.15) is 0 Å². The second-order valence-corrected chi connectivity index (χ2v) is 3.15. The molecule has 0 spiro atoms. The molecule has 0 saturated carbocycles. The minimum atomic E-state index is -0.373. The number of nitrogens with zero attached hydrogens (tertiary/aromatic N) is 1. The van der Waals surface area contributed by atoms with E-state index in [-0.39, 0.29) is 10.6 Å². The molecule has 0 amide bonds. The van der Waals surface area contributed by atoms with Gasteiger partial charge in [0.1, 0.15) is 0 Å². The summed E-state index contributed by atoms with van der Waals surface area (Å²) in [6, 6.07) is 5.06. The maximum absolute atomic E-state index is 10.6. The molecule has 0 aromatic heterocycles. The Kier molecular flexibility index (Phi) is 3.02. The van der Waals surface area contributed by atoms with Gasteiger partial charge in [0.05, 0.1) is 4.92 Å². The van der Waals surface area contributed by atoms with Crippen molar-refractivity contribution in [2.24, 2.45) is 0 Å². The van der Waals surface area contributed by atoms with Crippen molar-refractivity contribution < 1.29 is 4.92 Å². The summed E-state index contributed by atoms with van der Waals surface area (Å²) in [5.41, 5.74) is 1.81. The van der Waals surface area contributed by atoms with E-state index in [0.29, 0.717) is 5.56 Å². The Labute approximate surface area is 83.2 Å². The number of hydrogen-bond donors (Lipinski definition) is 0. The second kappa shape index (κ2) is 4.05. The van der Waals surface area contributed by atoms with Crippen LogP contribution in [0.25, 0.3) is 0 Å². The molecule has 0 aliphatic heterocycles. The molecule has 0 heterocycles. The van der Waals surface area contributed by atoms with Gasteiger partial charge in [-0.1, -0.05) is 19.1 Å². The third-order valence-corrected chi connectivity index (χ3v) is 2.16. The molecule has 0 bridgehead atoms. The van der Waals surface area contributed by atoms with Gasteiger partial charge < -0.3 is 0 Å². The molecule has 1 rings (SSSR count). The molecule has 1 aromatic rings. The fraction of sp³-hybridized carbons (Fsp3) is 0.182. The van der Waals surface area contributed by atoms with E-state index < -0.39 is 0 Å². The van der Waals surface area contributed by atoms with Crippen molar-refractivity contribution in [3.05, 3.63) is 58.0 Å². The van der Waals surface area contributed by atoms with Crippen LogP contribution in [-0.4, -0.2) is 4.92 Å². The Bertz CT molecular complexity index is 372. The first-order chi connectivity index (χ1) is 6.56. The summed E-state index contributed by atoms with van der Waals surface area (Å²) in [4.78, 5) is 10.2. The lowest BCUT2D eigenvalue weighted by molar-refractivity contribution is -0.385. The Balaban J connectivity index is 3.12. The Morgan fingerprint density at radius 2 is 2.21 bits per heavy atom. The van der Waals surface area contributed by atoms with Crippen LogP contribution in [0.4, 0.5) is 5.69 Å². The van der Waals surface area contributed by atoms with Crippen LogP contribution in [0.1, 0.15) is 18.1 Å². The number of allylic oxidation sites excluding steroid dienone is 1. The van der Waals surface area contributed by atoms with E-state index in [1.807, 2.05) is 6.92 Å². The van der Waals surface area contributed by atoms with Crippen molar-refractivity contribution in [3.8, 4) is 0 Å². The number of aryl methyl sites for hydroxylation is 1. The third-order valence-electron chi connectivity index (χ3n) is 2.16. The molecule has 73 valence electrons. The van der Waals surface area contributed by atoms with Gasteiger partial charge >= 0.3 is 0 Å². The molecule has 14 heavy (non-hydrogen) atoms. The van der Waals surface area contributed by atoms with E-state index in [9.17, 15) is 10.1 Å². The summed E-state index contributed by atoms with van der Waals surface area (Å²) < 4.78 is 0. The molecule has 1 aromatic carbocycles. The number of nitro groups is 1. The zero-order chi connectivity index (χ0) is 10.7.